The highest BCUT2D eigenvalue weighted by Gasteiger charge is 2.24. The second-order valence-electron chi connectivity index (χ2n) is 18.6. The van der Waals surface area contributed by atoms with Crippen molar-refractivity contribution in [1.29, 1.82) is 0 Å². The molecule has 6 nitrogen and oxygen atoms in total. The van der Waals surface area contributed by atoms with Crippen molar-refractivity contribution < 1.29 is 24.5 Å². The molecule has 0 rings (SSSR count). The molecule has 0 aliphatic carbocycles. The van der Waals surface area contributed by atoms with E-state index in [1.54, 1.807) is 0 Å². The second-order valence-corrected chi connectivity index (χ2v) is 18.6. The number of ether oxygens (including phenoxy) is 1. The van der Waals surface area contributed by atoms with Crippen molar-refractivity contribution in [1.82, 2.24) is 5.32 Å². The van der Waals surface area contributed by atoms with Gasteiger partial charge in [0.25, 0.3) is 0 Å². The van der Waals surface area contributed by atoms with Gasteiger partial charge in [0.2, 0.25) is 5.91 Å². The summed E-state index contributed by atoms with van der Waals surface area (Å²) in [5.74, 6) is -0.466. The van der Waals surface area contributed by atoms with Gasteiger partial charge >= 0.3 is 5.97 Å². The lowest BCUT2D eigenvalue weighted by Gasteiger charge is -2.24. The van der Waals surface area contributed by atoms with E-state index in [0.29, 0.717) is 19.3 Å². The zero-order chi connectivity index (χ0) is 43.8. The fourth-order valence-corrected chi connectivity index (χ4v) is 8.47. The number of aliphatic hydroxyl groups is 2. The first-order valence-electron chi connectivity index (χ1n) is 26.9. The number of hydrogen-bond acceptors (Lipinski definition) is 5. The molecule has 0 aromatic carbocycles. The van der Waals surface area contributed by atoms with Crippen molar-refractivity contribution in [2.45, 2.75) is 315 Å². The summed E-state index contributed by atoms with van der Waals surface area (Å²) in [6, 6.07) is -0.696. The molecule has 0 bridgehead atoms. The molecule has 60 heavy (non-hydrogen) atoms. The third-order valence-corrected chi connectivity index (χ3v) is 12.6. The van der Waals surface area contributed by atoms with Gasteiger partial charge in [0, 0.05) is 6.42 Å². The molecule has 0 fully saturated rings. The molecule has 0 saturated heterocycles. The number of carbonyl (C=O) groups is 2. The Hall–Kier alpha value is -1.40. The number of nitrogens with one attached hydrogen (secondary N) is 1. The van der Waals surface area contributed by atoms with Crippen LogP contribution < -0.4 is 5.32 Å². The third kappa shape index (κ3) is 43.3. The van der Waals surface area contributed by atoms with Gasteiger partial charge in [-0.25, -0.2) is 0 Å². The molecule has 3 N–H and O–H groups in total. The van der Waals surface area contributed by atoms with E-state index in [1.807, 2.05) is 0 Å². The monoisotopic (exact) mass is 848 g/mol. The Labute approximate surface area is 374 Å². The maximum Gasteiger partial charge on any atom is 0.306 e. The Kier molecular flexibility index (Phi) is 47.5. The minimum absolute atomic E-state index is 0.0816. The number of carbonyl (C=O) groups excluding carboxylic acids is 2. The van der Waals surface area contributed by atoms with E-state index < -0.39 is 18.2 Å². The van der Waals surface area contributed by atoms with Crippen LogP contribution in [0.25, 0.3) is 0 Å². The summed E-state index contributed by atoms with van der Waals surface area (Å²) < 4.78 is 5.93. The molecule has 0 aromatic rings. The summed E-state index contributed by atoms with van der Waals surface area (Å²) >= 11 is 0. The van der Waals surface area contributed by atoms with Crippen molar-refractivity contribution in [2.75, 3.05) is 6.61 Å². The maximum absolute atomic E-state index is 13.2. The van der Waals surface area contributed by atoms with Gasteiger partial charge in [0.05, 0.1) is 25.2 Å². The van der Waals surface area contributed by atoms with Crippen LogP contribution in [0.3, 0.4) is 0 Å². The first kappa shape index (κ1) is 58.6. The quantitative estimate of drug-likeness (QED) is 0.0322. The van der Waals surface area contributed by atoms with Gasteiger partial charge in [0.1, 0.15) is 6.10 Å². The first-order valence-corrected chi connectivity index (χ1v) is 26.9. The van der Waals surface area contributed by atoms with E-state index in [-0.39, 0.29) is 24.9 Å². The fourth-order valence-electron chi connectivity index (χ4n) is 8.47. The van der Waals surface area contributed by atoms with Crippen LogP contribution in [0, 0.1) is 0 Å². The van der Waals surface area contributed by atoms with Crippen LogP contribution in [0.2, 0.25) is 0 Å². The summed E-state index contributed by atoms with van der Waals surface area (Å²) in [4.78, 5) is 26.1. The van der Waals surface area contributed by atoms with E-state index in [2.05, 4.69) is 38.2 Å². The van der Waals surface area contributed by atoms with E-state index in [4.69, 9.17) is 4.74 Å². The van der Waals surface area contributed by atoms with Crippen LogP contribution in [-0.4, -0.2) is 46.9 Å². The van der Waals surface area contributed by atoms with E-state index in [1.165, 1.54) is 199 Å². The maximum atomic E-state index is 13.2. The molecule has 356 valence electrons. The van der Waals surface area contributed by atoms with Crippen molar-refractivity contribution in [3.8, 4) is 0 Å². The second kappa shape index (κ2) is 48.6. The molecule has 0 aliphatic rings. The topological polar surface area (TPSA) is 95.9 Å². The van der Waals surface area contributed by atoms with E-state index in [9.17, 15) is 19.8 Å². The standard InChI is InChI=1S/C54H105NO5/c1-4-7-10-13-16-19-22-24-26-27-29-32-34-37-40-43-46-52(57)51(49-56)55-53(58)48-50(45-42-39-36-33-31-28-25-23-20-17-14-11-8-5-2)60-54(59)47-44-41-38-35-30-21-18-15-12-9-6-3/h15,18,50-52,56-57H,4-14,16-17,19-49H2,1-3H3,(H,55,58)/b18-15-. The lowest BCUT2D eigenvalue weighted by molar-refractivity contribution is -0.151. The summed E-state index contributed by atoms with van der Waals surface area (Å²) in [7, 11) is 0. The molecule has 0 aromatic heterocycles. The lowest BCUT2D eigenvalue weighted by Crippen LogP contribution is -2.46. The molecule has 6 heteroatoms. The van der Waals surface area contributed by atoms with E-state index >= 15 is 0 Å². The zero-order valence-electron chi connectivity index (χ0n) is 40.6. The first-order chi connectivity index (χ1) is 29.5. The number of allylic oxidation sites excluding steroid dienone is 2. The average Bonchev–Trinajstić information content (AvgIpc) is 3.24. The van der Waals surface area contributed by atoms with Gasteiger partial charge in [-0.1, -0.05) is 251 Å². The summed E-state index contributed by atoms with van der Waals surface area (Å²) in [5, 5.41) is 23.8. The average molecular weight is 848 g/mol. The largest absolute Gasteiger partial charge is 0.462 e. The van der Waals surface area contributed by atoms with Crippen molar-refractivity contribution in [3.63, 3.8) is 0 Å². The number of esters is 1. The van der Waals surface area contributed by atoms with E-state index in [0.717, 1.165) is 51.4 Å². The molecular formula is C54H105NO5. The molecule has 0 spiro atoms. The van der Waals surface area contributed by atoms with Crippen LogP contribution in [0.15, 0.2) is 12.2 Å². The van der Waals surface area contributed by atoms with Gasteiger partial charge in [-0.05, 0) is 44.9 Å². The van der Waals surface area contributed by atoms with Crippen LogP contribution in [-0.2, 0) is 14.3 Å². The minimum Gasteiger partial charge on any atom is -0.462 e. The van der Waals surface area contributed by atoms with Gasteiger partial charge in [-0.3, -0.25) is 9.59 Å². The SMILES string of the molecule is CCCC/C=C\CCCCCCCC(=O)OC(CCCCCCCCCCCCCCCC)CC(=O)NC(CO)C(O)CCCCCCCCCCCCCCCCCC. The number of amides is 1. The predicted octanol–water partition coefficient (Wildman–Crippen LogP) is 16.1. The molecule has 1 amide bonds. The lowest BCUT2D eigenvalue weighted by atomic mass is 10.0. The fraction of sp³-hybridized carbons (Fsp3) is 0.926. The molecule has 0 saturated carbocycles. The van der Waals surface area contributed by atoms with Crippen LogP contribution in [0.5, 0.6) is 0 Å². The van der Waals surface area contributed by atoms with Gasteiger partial charge in [-0.2, -0.15) is 0 Å². The van der Waals surface area contributed by atoms with Gasteiger partial charge < -0.3 is 20.3 Å². The van der Waals surface area contributed by atoms with Crippen LogP contribution in [0.1, 0.15) is 297 Å². The molecule has 3 atom stereocenters. The smallest absolute Gasteiger partial charge is 0.306 e. The van der Waals surface area contributed by atoms with Crippen molar-refractivity contribution in [2.24, 2.45) is 0 Å². The Morgan fingerprint density at radius 1 is 0.467 bits per heavy atom. The molecular weight excluding hydrogens is 743 g/mol. The highest BCUT2D eigenvalue weighted by atomic mass is 16.5. The summed E-state index contributed by atoms with van der Waals surface area (Å²) in [6.07, 6.45) is 54.1. The number of rotatable bonds is 49. The van der Waals surface area contributed by atoms with Gasteiger partial charge in [-0.15, -0.1) is 0 Å². The summed E-state index contributed by atoms with van der Waals surface area (Å²) in [6.45, 7) is 6.48. The van der Waals surface area contributed by atoms with Crippen molar-refractivity contribution >= 4 is 11.9 Å². The molecule has 0 aliphatic heterocycles. The Balaban J connectivity index is 4.48. The molecule has 3 unspecified atom stereocenters. The van der Waals surface area contributed by atoms with Gasteiger partial charge in [0.15, 0.2) is 0 Å². The molecule has 0 radical (unpaired) electrons. The minimum atomic E-state index is -0.783. The number of unbranched alkanes of at least 4 members (excludes halogenated alkanes) is 35. The summed E-state index contributed by atoms with van der Waals surface area (Å²) in [5.41, 5.74) is 0. The zero-order valence-corrected chi connectivity index (χ0v) is 40.6. The Morgan fingerprint density at radius 2 is 0.817 bits per heavy atom. The van der Waals surface area contributed by atoms with Crippen LogP contribution in [0.4, 0.5) is 0 Å². The predicted molar refractivity (Wildman–Crippen MR) is 260 cm³/mol. The third-order valence-electron chi connectivity index (χ3n) is 12.6. The molecule has 0 heterocycles. The number of hydrogen-bond donors (Lipinski definition) is 3. The Morgan fingerprint density at radius 3 is 1.23 bits per heavy atom. The van der Waals surface area contributed by atoms with Crippen molar-refractivity contribution in [3.05, 3.63) is 12.2 Å². The number of aliphatic hydroxyl groups excluding tert-OH is 2. The van der Waals surface area contributed by atoms with Crippen LogP contribution >= 0.6 is 0 Å². The Bertz CT molecular complexity index is 909. The highest BCUT2D eigenvalue weighted by molar-refractivity contribution is 5.77. The highest BCUT2D eigenvalue weighted by Crippen LogP contribution is 2.19. The normalized spacial score (nSPS) is 13.2.